The summed E-state index contributed by atoms with van der Waals surface area (Å²) in [5, 5.41) is 12.6. The highest BCUT2D eigenvalue weighted by molar-refractivity contribution is 6.31. The van der Waals surface area contributed by atoms with Crippen LogP contribution in [0, 0.1) is 5.82 Å². The number of halogens is 2. The lowest BCUT2D eigenvalue weighted by atomic mass is 10.1. The van der Waals surface area contributed by atoms with Gasteiger partial charge in [-0.05, 0) is 49.4 Å². The van der Waals surface area contributed by atoms with Crippen LogP contribution in [0.25, 0.3) is 16.9 Å². The second kappa shape index (κ2) is 8.69. The fourth-order valence-corrected chi connectivity index (χ4v) is 3.47. The molecule has 2 aromatic carbocycles. The standard InChI is InChI=1S/C22H21ClFN5O/c1-2-28(11-12-30)17-6-4-16(5-7-17)26-21-22-25-9-10-29(22)14-20(27-21)15-3-8-19(24)18(23)13-15/h3-10,13-14,30H,2,11-12H2,1H3,(H,26,27). The summed E-state index contributed by atoms with van der Waals surface area (Å²) >= 11 is 5.95. The van der Waals surface area contributed by atoms with Crippen LogP contribution in [0.2, 0.25) is 5.02 Å². The number of benzene rings is 2. The van der Waals surface area contributed by atoms with Gasteiger partial charge in [0.25, 0.3) is 0 Å². The predicted molar refractivity (Wildman–Crippen MR) is 118 cm³/mol. The summed E-state index contributed by atoms with van der Waals surface area (Å²) in [6.07, 6.45) is 5.35. The molecule has 6 nitrogen and oxygen atoms in total. The van der Waals surface area contributed by atoms with Gasteiger partial charge in [0.15, 0.2) is 11.5 Å². The highest BCUT2D eigenvalue weighted by atomic mass is 35.5. The Morgan fingerprint density at radius 1 is 1.20 bits per heavy atom. The largest absolute Gasteiger partial charge is 0.395 e. The molecule has 154 valence electrons. The Balaban J connectivity index is 1.67. The Morgan fingerprint density at radius 2 is 2.00 bits per heavy atom. The summed E-state index contributed by atoms with van der Waals surface area (Å²) in [5.41, 5.74) is 3.90. The van der Waals surface area contributed by atoms with E-state index >= 15 is 0 Å². The van der Waals surface area contributed by atoms with E-state index in [2.05, 4.69) is 15.2 Å². The van der Waals surface area contributed by atoms with Crippen LogP contribution < -0.4 is 10.2 Å². The van der Waals surface area contributed by atoms with Gasteiger partial charge in [0.1, 0.15) is 5.82 Å². The smallest absolute Gasteiger partial charge is 0.180 e. The number of anilines is 3. The van der Waals surface area contributed by atoms with Gasteiger partial charge in [-0.3, -0.25) is 0 Å². The van der Waals surface area contributed by atoms with Crippen LogP contribution >= 0.6 is 11.6 Å². The molecule has 0 aliphatic heterocycles. The molecule has 4 aromatic rings. The average Bonchev–Trinajstić information content (AvgIpc) is 3.24. The minimum atomic E-state index is -0.468. The van der Waals surface area contributed by atoms with Crippen molar-refractivity contribution in [2.75, 3.05) is 29.9 Å². The molecule has 30 heavy (non-hydrogen) atoms. The minimum absolute atomic E-state index is 0.0495. The van der Waals surface area contributed by atoms with Gasteiger partial charge in [0.05, 0.1) is 17.3 Å². The van der Waals surface area contributed by atoms with Crippen molar-refractivity contribution in [3.8, 4) is 11.3 Å². The van der Waals surface area contributed by atoms with Gasteiger partial charge < -0.3 is 19.7 Å². The van der Waals surface area contributed by atoms with Crippen LogP contribution in [0.4, 0.5) is 21.6 Å². The van der Waals surface area contributed by atoms with E-state index in [1.807, 2.05) is 48.0 Å². The third-order valence-electron chi connectivity index (χ3n) is 4.84. The maximum absolute atomic E-state index is 13.6. The van der Waals surface area contributed by atoms with Gasteiger partial charge >= 0.3 is 0 Å². The molecule has 0 amide bonds. The van der Waals surface area contributed by atoms with Crippen molar-refractivity contribution < 1.29 is 9.50 Å². The van der Waals surface area contributed by atoms with E-state index in [1.54, 1.807) is 18.3 Å². The number of hydrogen-bond acceptors (Lipinski definition) is 5. The second-order valence-electron chi connectivity index (χ2n) is 6.74. The monoisotopic (exact) mass is 425 g/mol. The molecule has 4 rings (SSSR count). The van der Waals surface area contributed by atoms with Gasteiger partial charge in [-0.1, -0.05) is 11.6 Å². The molecule has 8 heteroatoms. The molecule has 0 saturated carbocycles. The second-order valence-corrected chi connectivity index (χ2v) is 7.14. The Bertz CT molecular complexity index is 1160. The molecule has 0 aliphatic rings. The van der Waals surface area contributed by atoms with Crippen molar-refractivity contribution in [1.82, 2.24) is 14.4 Å². The number of aliphatic hydroxyl groups excluding tert-OH is 1. The van der Waals surface area contributed by atoms with Crippen molar-refractivity contribution in [2.45, 2.75) is 6.92 Å². The molecule has 0 atom stereocenters. The number of likely N-dealkylation sites (N-methyl/N-ethyl adjacent to an activating group) is 1. The zero-order valence-corrected chi connectivity index (χ0v) is 17.1. The van der Waals surface area contributed by atoms with E-state index in [9.17, 15) is 9.50 Å². The first kappa shape index (κ1) is 20.1. The van der Waals surface area contributed by atoms with Gasteiger partial charge in [0, 0.05) is 48.6 Å². The van der Waals surface area contributed by atoms with Crippen LogP contribution in [-0.2, 0) is 0 Å². The Morgan fingerprint density at radius 3 is 2.70 bits per heavy atom. The molecule has 2 heterocycles. The lowest BCUT2D eigenvalue weighted by Crippen LogP contribution is -2.25. The lowest BCUT2D eigenvalue weighted by Gasteiger charge is -2.22. The van der Waals surface area contributed by atoms with E-state index in [1.165, 1.54) is 6.07 Å². The number of imidazole rings is 1. The maximum Gasteiger partial charge on any atom is 0.180 e. The molecule has 2 aromatic heterocycles. The summed E-state index contributed by atoms with van der Waals surface area (Å²) in [6.45, 7) is 3.55. The summed E-state index contributed by atoms with van der Waals surface area (Å²) < 4.78 is 15.4. The van der Waals surface area contributed by atoms with Crippen molar-refractivity contribution in [2.24, 2.45) is 0 Å². The fourth-order valence-electron chi connectivity index (χ4n) is 3.29. The number of nitrogens with zero attached hydrogens (tertiary/aromatic N) is 4. The van der Waals surface area contributed by atoms with Gasteiger partial charge in [0.2, 0.25) is 0 Å². The van der Waals surface area contributed by atoms with Gasteiger partial charge in [-0.25, -0.2) is 14.4 Å². The minimum Gasteiger partial charge on any atom is -0.395 e. The maximum atomic E-state index is 13.6. The Kier molecular flexibility index (Phi) is 5.83. The number of fused-ring (bicyclic) bond motifs is 1. The summed E-state index contributed by atoms with van der Waals surface area (Å²) in [5.74, 6) is 0.110. The fraction of sp³-hybridized carbons (Fsp3) is 0.182. The summed E-state index contributed by atoms with van der Waals surface area (Å²) in [6, 6.07) is 12.4. The van der Waals surface area contributed by atoms with E-state index in [4.69, 9.17) is 16.6 Å². The third-order valence-corrected chi connectivity index (χ3v) is 5.13. The van der Waals surface area contributed by atoms with Crippen molar-refractivity contribution in [1.29, 1.82) is 0 Å². The SMILES string of the molecule is CCN(CCO)c1ccc(Nc2nc(-c3ccc(F)c(Cl)c3)cn3ccnc23)cc1. The van der Waals surface area contributed by atoms with Crippen LogP contribution in [-0.4, -0.2) is 39.2 Å². The van der Waals surface area contributed by atoms with E-state index in [0.717, 1.165) is 17.9 Å². The normalized spacial score (nSPS) is 11.1. The van der Waals surface area contributed by atoms with Crippen LogP contribution in [0.5, 0.6) is 0 Å². The molecule has 0 radical (unpaired) electrons. The quantitative estimate of drug-likeness (QED) is 0.447. The average molecular weight is 426 g/mol. The van der Waals surface area contributed by atoms with Crippen LogP contribution in [0.1, 0.15) is 6.92 Å². The van der Waals surface area contributed by atoms with E-state index < -0.39 is 5.82 Å². The number of rotatable bonds is 7. The Hall–Kier alpha value is -3.16. The highest BCUT2D eigenvalue weighted by Crippen LogP contribution is 2.28. The van der Waals surface area contributed by atoms with Crippen molar-refractivity contribution >= 4 is 34.4 Å². The first-order valence-corrected chi connectivity index (χ1v) is 9.99. The summed E-state index contributed by atoms with van der Waals surface area (Å²) in [4.78, 5) is 11.2. The number of hydrogen-bond donors (Lipinski definition) is 2. The van der Waals surface area contributed by atoms with E-state index in [0.29, 0.717) is 29.3 Å². The number of aliphatic hydroxyl groups is 1. The molecule has 0 unspecified atom stereocenters. The molecule has 2 N–H and O–H groups in total. The lowest BCUT2D eigenvalue weighted by molar-refractivity contribution is 0.302. The van der Waals surface area contributed by atoms with Gasteiger partial charge in [-0.2, -0.15) is 0 Å². The predicted octanol–water partition coefficient (Wildman–Crippen LogP) is 4.75. The molecule has 0 spiro atoms. The molecule has 0 saturated heterocycles. The zero-order chi connectivity index (χ0) is 21.1. The van der Waals surface area contributed by atoms with Crippen LogP contribution in [0.3, 0.4) is 0 Å². The molecular formula is C22H21ClFN5O. The molecule has 0 bridgehead atoms. The van der Waals surface area contributed by atoms with Gasteiger partial charge in [-0.15, -0.1) is 0 Å². The highest BCUT2D eigenvalue weighted by Gasteiger charge is 2.12. The number of nitrogens with one attached hydrogen (secondary N) is 1. The molecule has 0 fully saturated rings. The van der Waals surface area contributed by atoms with Crippen LogP contribution in [0.15, 0.2) is 61.1 Å². The zero-order valence-electron chi connectivity index (χ0n) is 16.4. The van der Waals surface area contributed by atoms with Crippen molar-refractivity contribution in [3.05, 3.63) is 71.9 Å². The molecular weight excluding hydrogens is 405 g/mol. The first-order valence-electron chi connectivity index (χ1n) is 9.61. The van der Waals surface area contributed by atoms with Crippen molar-refractivity contribution in [3.63, 3.8) is 0 Å². The Labute approximate surface area is 178 Å². The third kappa shape index (κ3) is 4.08. The first-order chi connectivity index (χ1) is 14.6. The van der Waals surface area contributed by atoms with E-state index in [-0.39, 0.29) is 11.6 Å². The molecule has 0 aliphatic carbocycles. The number of aromatic nitrogens is 3. The topological polar surface area (TPSA) is 65.7 Å². The summed E-state index contributed by atoms with van der Waals surface area (Å²) in [7, 11) is 0.